The van der Waals surface area contributed by atoms with E-state index in [1.54, 1.807) is 11.3 Å². The van der Waals surface area contributed by atoms with E-state index >= 15 is 0 Å². The lowest BCUT2D eigenvalue weighted by Gasteiger charge is -2.22. The molecule has 0 spiro atoms. The molecule has 1 rings (SSSR count). The number of ketones is 1. The minimum absolute atomic E-state index is 0.0891. The van der Waals surface area contributed by atoms with Gasteiger partial charge < -0.3 is 4.74 Å². The lowest BCUT2D eigenvalue weighted by molar-refractivity contribution is -0.0120. The molecule has 2 nitrogen and oxygen atoms in total. The van der Waals surface area contributed by atoms with Crippen molar-refractivity contribution in [2.75, 3.05) is 6.61 Å². The maximum Gasteiger partial charge on any atom is 0.198 e. The summed E-state index contributed by atoms with van der Waals surface area (Å²) in [6.07, 6.45) is 1.89. The van der Waals surface area contributed by atoms with Crippen LogP contribution >= 0.6 is 11.3 Å². The Labute approximate surface area is 102 Å². The highest BCUT2D eigenvalue weighted by molar-refractivity contribution is 7.14. The molecule has 0 aromatic carbocycles. The van der Waals surface area contributed by atoms with Gasteiger partial charge in [-0.2, -0.15) is 0 Å². The molecule has 0 fully saturated rings. The van der Waals surface area contributed by atoms with Gasteiger partial charge in [0.25, 0.3) is 0 Å². The molecular weight excluding hydrogens is 220 g/mol. The van der Waals surface area contributed by atoms with E-state index in [4.69, 9.17) is 4.74 Å². The first-order valence-electron chi connectivity index (χ1n) is 5.74. The van der Waals surface area contributed by atoms with Crippen LogP contribution < -0.4 is 0 Å². The van der Waals surface area contributed by atoms with E-state index < -0.39 is 0 Å². The summed E-state index contributed by atoms with van der Waals surface area (Å²) < 4.78 is 5.59. The quantitative estimate of drug-likeness (QED) is 0.709. The lowest BCUT2D eigenvalue weighted by atomic mass is 10.1. The van der Waals surface area contributed by atoms with Crippen LogP contribution in [-0.4, -0.2) is 18.0 Å². The van der Waals surface area contributed by atoms with Crippen LogP contribution in [0.3, 0.4) is 0 Å². The Kier molecular flexibility index (Phi) is 4.69. The van der Waals surface area contributed by atoms with Crippen molar-refractivity contribution < 1.29 is 9.53 Å². The predicted octanol–water partition coefficient (Wildman–Crippen LogP) is 3.70. The first-order chi connectivity index (χ1) is 7.48. The van der Waals surface area contributed by atoms with Gasteiger partial charge in [-0.1, -0.05) is 13.8 Å². The molecule has 0 aliphatic heterocycles. The number of Topliss-reactive ketones (excluding diaryl/α,β-unsaturated/α-hetero) is 1. The van der Waals surface area contributed by atoms with Crippen molar-refractivity contribution in [2.24, 2.45) is 0 Å². The molecule has 0 saturated carbocycles. The summed E-state index contributed by atoms with van der Waals surface area (Å²) in [6, 6.07) is 3.91. The third-order valence-electron chi connectivity index (χ3n) is 2.73. The predicted molar refractivity (Wildman–Crippen MR) is 68.3 cm³/mol. The minimum atomic E-state index is -0.208. The number of rotatable bonds is 6. The van der Waals surface area contributed by atoms with Gasteiger partial charge in [-0.25, -0.2) is 0 Å². The third-order valence-corrected chi connectivity index (χ3v) is 4.00. The average molecular weight is 240 g/mol. The van der Waals surface area contributed by atoms with Gasteiger partial charge in [-0.3, -0.25) is 4.79 Å². The molecule has 0 N–H and O–H groups in total. The number of carbonyl (C=O) groups excluding carboxylic acids is 1. The van der Waals surface area contributed by atoms with Gasteiger partial charge in [0, 0.05) is 4.88 Å². The van der Waals surface area contributed by atoms with Gasteiger partial charge in [-0.05, 0) is 38.8 Å². The van der Waals surface area contributed by atoms with E-state index in [1.807, 2.05) is 26.0 Å². The van der Waals surface area contributed by atoms with Gasteiger partial charge in [0.05, 0.1) is 10.5 Å². The topological polar surface area (TPSA) is 26.3 Å². The van der Waals surface area contributed by atoms with Gasteiger partial charge in [0.15, 0.2) is 5.78 Å². The van der Waals surface area contributed by atoms with Gasteiger partial charge in [0.1, 0.15) is 6.61 Å². The SMILES string of the molecule is CCc1ccc(C(=O)COC(C)(C)CC)s1. The Balaban J connectivity index is 2.53. The van der Waals surface area contributed by atoms with E-state index in [0.717, 1.165) is 17.7 Å². The number of hydrogen-bond donors (Lipinski definition) is 0. The molecule has 0 aliphatic rings. The average Bonchev–Trinajstić information content (AvgIpc) is 2.74. The molecule has 3 heteroatoms. The molecule has 90 valence electrons. The molecule has 0 bridgehead atoms. The number of ether oxygens (including phenoxy) is 1. The zero-order chi connectivity index (χ0) is 12.2. The van der Waals surface area contributed by atoms with E-state index in [0.29, 0.717) is 0 Å². The molecule has 0 unspecified atom stereocenters. The Morgan fingerprint density at radius 1 is 1.38 bits per heavy atom. The normalized spacial score (nSPS) is 11.8. The van der Waals surface area contributed by atoms with Crippen molar-refractivity contribution in [2.45, 2.75) is 46.1 Å². The lowest BCUT2D eigenvalue weighted by Crippen LogP contribution is -2.26. The summed E-state index contributed by atoms with van der Waals surface area (Å²) in [5, 5.41) is 0. The van der Waals surface area contributed by atoms with Crippen LogP contribution in [0.4, 0.5) is 0 Å². The minimum Gasteiger partial charge on any atom is -0.367 e. The highest BCUT2D eigenvalue weighted by Crippen LogP contribution is 2.19. The van der Waals surface area contributed by atoms with Crippen molar-refractivity contribution >= 4 is 17.1 Å². The van der Waals surface area contributed by atoms with Gasteiger partial charge in [-0.15, -0.1) is 11.3 Å². The summed E-state index contributed by atoms with van der Waals surface area (Å²) in [7, 11) is 0. The van der Waals surface area contributed by atoms with Crippen molar-refractivity contribution in [1.82, 2.24) is 0 Å². The van der Waals surface area contributed by atoms with Gasteiger partial charge in [0.2, 0.25) is 0 Å². The van der Waals surface area contributed by atoms with Crippen LogP contribution in [0.25, 0.3) is 0 Å². The second kappa shape index (κ2) is 5.60. The highest BCUT2D eigenvalue weighted by atomic mass is 32.1. The summed E-state index contributed by atoms with van der Waals surface area (Å²) in [5.41, 5.74) is -0.208. The molecule has 0 atom stereocenters. The monoisotopic (exact) mass is 240 g/mol. The summed E-state index contributed by atoms with van der Waals surface area (Å²) in [6.45, 7) is 8.35. The number of thiophene rings is 1. The van der Waals surface area contributed by atoms with E-state index in [2.05, 4.69) is 13.8 Å². The smallest absolute Gasteiger partial charge is 0.198 e. The Hall–Kier alpha value is -0.670. The van der Waals surface area contributed by atoms with Crippen molar-refractivity contribution in [1.29, 1.82) is 0 Å². The van der Waals surface area contributed by atoms with Crippen molar-refractivity contribution in [3.8, 4) is 0 Å². The van der Waals surface area contributed by atoms with E-state index in [9.17, 15) is 4.79 Å². The highest BCUT2D eigenvalue weighted by Gasteiger charge is 2.18. The molecule has 1 aromatic heterocycles. The molecule has 0 amide bonds. The maximum absolute atomic E-state index is 11.8. The molecular formula is C13H20O2S. The molecule has 0 saturated heterocycles. The van der Waals surface area contributed by atoms with Crippen LogP contribution in [-0.2, 0) is 11.2 Å². The molecule has 1 heterocycles. The molecule has 16 heavy (non-hydrogen) atoms. The number of aryl methyl sites for hydroxylation is 1. The van der Waals surface area contributed by atoms with Crippen LogP contribution in [0, 0.1) is 0 Å². The van der Waals surface area contributed by atoms with Crippen molar-refractivity contribution in [3.63, 3.8) is 0 Å². The molecule has 0 radical (unpaired) electrons. The Morgan fingerprint density at radius 2 is 2.06 bits per heavy atom. The Morgan fingerprint density at radius 3 is 2.56 bits per heavy atom. The standard InChI is InChI=1S/C13H20O2S/c1-5-10-7-8-12(16-10)11(14)9-15-13(3,4)6-2/h7-8H,5-6,9H2,1-4H3. The zero-order valence-corrected chi connectivity index (χ0v) is 11.3. The van der Waals surface area contributed by atoms with Gasteiger partial charge >= 0.3 is 0 Å². The third kappa shape index (κ3) is 3.72. The van der Waals surface area contributed by atoms with Crippen molar-refractivity contribution in [3.05, 3.63) is 21.9 Å². The van der Waals surface area contributed by atoms with E-state index in [1.165, 1.54) is 4.88 Å². The Bertz CT molecular complexity index is 353. The second-order valence-electron chi connectivity index (χ2n) is 4.44. The summed E-state index contributed by atoms with van der Waals surface area (Å²) in [5.74, 6) is 0.0891. The first kappa shape index (κ1) is 13.4. The fourth-order valence-electron chi connectivity index (χ4n) is 1.15. The zero-order valence-electron chi connectivity index (χ0n) is 10.5. The fourth-order valence-corrected chi connectivity index (χ4v) is 2.02. The first-order valence-corrected chi connectivity index (χ1v) is 6.56. The summed E-state index contributed by atoms with van der Waals surface area (Å²) >= 11 is 1.57. The molecule has 1 aromatic rings. The fraction of sp³-hybridized carbons (Fsp3) is 0.615. The van der Waals surface area contributed by atoms with Crippen LogP contribution in [0.2, 0.25) is 0 Å². The number of hydrogen-bond acceptors (Lipinski definition) is 3. The second-order valence-corrected chi connectivity index (χ2v) is 5.61. The van der Waals surface area contributed by atoms with Crippen LogP contribution in [0.5, 0.6) is 0 Å². The number of carbonyl (C=O) groups is 1. The van der Waals surface area contributed by atoms with Crippen LogP contribution in [0.1, 0.15) is 48.7 Å². The van der Waals surface area contributed by atoms with Crippen LogP contribution in [0.15, 0.2) is 12.1 Å². The summed E-state index contributed by atoms with van der Waals surface area (Å²) in [4.78, 5) is 13.9. The van der Waals surface area contributed by atoms with E-state index in [-0.39, 0.29) is 18.0 Å². The molecule has 0 aliphatic carbocycles. The maximum atomic E-state index is 11.8. The largest absolute Gasteiger partial charge is 0.367 e.